The summed E-state index contributed by atoms with van der Waals surface area (Å²) in [6.45, 7) is 1.31. The summed E-state index contributed by atoms with van der Waals surface area (Å²) in [5.74, 6) is 0. The third kappa shape index (κ3) is 1.57. The lowest BCUT2D eigenvalue weighted by Gasteiger charge is -2.16. The maximum absolute atomic E-state index is 11.0. The van der Waals surface area contributed by atoms with Crippen molar-refractivity contribution in [2.24, 2.45) is 0 Å². The molecule has 2 unspecified atom stereocenters. The van der Waals surface area contributed by atoms with Gasteiger partial charge in [-0.3, -0.25) is 4.57 Å². The van der Waals surface area contributed by atoms with Gasteiger partial charge in [0.1, 0.15) is 0 Å². The van der Waals surface area contributed by atoms with Crippen LogP contribution in [0.25, 0.3) is 0 Å². The molecule has 5 heteroatoms. The fourth-order valence-corrected chi connectivity index (χ4v) is 0.990. The summed E-state index contributed by atoms with van der Waals surface area (Å²) < 4.78 is 1.33. The van der Waals surface area contributed by atoms with Crippen molar-refractivity contribution in [2.45, 2.75) is 19.1 Å². The molecule has 12 heavy (non-hydrogen) atoms. The number of hydrogen-bond acceptors (Lipinski definition) is 3. The molecule has 0 radical (unpaired) electrons. The highest BCUT2D eigenvalue weighted by atomic mass is 16.3. The zero-order valence-electron chi connectivity index (χ0n) is 6.77. The average molecular weight is 172 g/mol. The number of imidazole rings is 1. The minimum Gasteiger partial charge on any atom is -0.394 e. The van der Waals surface area contributed by atoms with Gasteiger partial charge in [0.2, 0.25) is 0 Å². The second kappa shape index (κ2) is 3.55. The van der Waals surface area contributed by atoms with Gasteiger partial charge in [0, 0.05) is 12.4 Å². The number of nitrogens with one attached hydrogen (secondary N) is 1. The minimum atomic E-state index is -0.904. The van der Waals surface area contributed by atoms with E-state index in [2.05, 4.69) is 4.98 Å². The highest BCUT2D eigenvalue weighted by Crippen LogP contribution is 2.06. The predicted molar refractivity (Wildman–Crippen MR) is 42.9 cm³/mol. The molecule has 0 saturated carbocycles. The molecule has 1 rings (SSSR count). The third-order valence-corrected chi connectivity index (χ3v) is 1.86. The van der Waals surface area contributed by atoms with E-state index in [1.165, 1.54) is 17.0 Å². The topological polar surface area (TPSA) is 78.2 Å². The molecule has 1 aromatic rings. The van der Waals surface area contributed by atoms with Gasteiger partial charge in [-0.25, -0.2) is 4.79 Å². The Balaban J connectivity index is 2.84. The number of aliphatic hydroxyl groups is 2. The standard InChI is InChI=1S/C7H12N2O3/c1-5(6(11)4-10)9-3-2-8-7(9)12/h2-3,5-6,10-11H,4H2,1H3,(H,8,12). The molecule has 0 saturated heterocycles. The fourth-order valence-electron chi connectivity index (χ4n) is 0.990. The Hall–Kier alpha value is -1.07. The van der Waals surface area contributed by atoms with Gasteiger partial charge in [-0.2, -0.15) is 0 Å². The van der Waals surface area contributed by atoms with Crippen LogP contribution in [-0.2, 0) is 0 Å². The molecule has 5 nitrogen and oxygen atoms in total. The first-order valence-electron chi connectivity index (χ1n) is 3.71. The van der Waals surface area contributed by atoms with E-state index in [9.17, 15) is 9.90 Å². The Labute approximate surface area is 69.3 Å². The highest BCUT2D eigenvalue weighted by molar-refractivity contribution is 4.82. The van der Waals surface area contributed by atoms with Crippen LogP contribution in [0.15, 0.2) is 17.2 Å². The van der Waals surface area contributed by atoms with Gasteiger partial charge >= 0.3 is 5.69 Å². The van der Waals surface area contributed by atoms with Crippen LogP contribution < -0.4 is 5.69 Å². The highest BCUT2D eigenvalue weighted by Gasteiger charge is 2.15. The summed E-state index contributed by atoms with van der Waals surface area (Å²) >= 11 is 0. The molecule has 0 aliphatic carbocycles. The van der Waals surface area contributed by atoms with Crippen molar-refractivity contribution >= 4 is 0 Å². The van der Waals surface area contributed by atoms with Crippen LogP contribution >= 0.6 is 0 Å². The summed E-state index contributed by atoms with van der Waals surface area (Å²) in [5.41, 5.74) is -0.282. The van der Waals surface area contributed by atoms with E-state index in [0.717, 1.165) is 0 Å². The Morgan fingerprint density at radius 2 is 2.42 bits per heavy atom. The van der Waals surface area contributed by atoms with Gasteiger partial charge in [-0.05, 0) is 6.92 Å². The number of aliphatic hydroxyl groups excluding tert-OH is 2. The molecule has 0 spiro atoms. The molecular weight excluding hydrogens is 160 g/mol. The van der Waals surface area contributed by atoms with E-state index in [1.807, 2.05) is 0 Å². The lowest BCUT2D eigenvalue weighted by atomic mass is 10.2. The Kier molecular flexibility index (Phi) is 2.67. The fraction of sp³-hybridized carbons (Fsp3) is 0.571. The molecule has 1 aromatic heterocycles. The van der Waals surface area contributed by atoms with E-state index < -0.39 is 12.1 Å². The smallest absolute Gasteiger partial charge is 0.325 e. The van der Waals surface area contributed by atoms with Crippen molar-refractivity contribution in [3.8, 4) is 0 Å². The number of hydrogen-bond donors (Lipinski definition) is 3. The Morgan fingerprint density at radius 3 is 2.83 bits per heavy atom. The van der Waals surface area contributed by atoms with Crippen LogP contribution in [0, 0.1) is 0 Å². The van der Waals surface area contributed by atoms with Gasteiger partial charge in [0.05, 0.1) is 18.8 Å². The molecule has 0 bridgehead atoms. The van der Waals surface area contributed by atoms with E-state index >= 15 is 0 Å². The maximum Gasteiger partial charge on any atom is 0.325 e. The number of nitrogens with zero attached hydrogens (tertiary/aromatic N) is 1. The lowest BCUT2D eigenvalue weighted by Crippen LogP contribution is -2.30. The first-order chi connectivity index (χ1) is 5.66. The third-order valence-electron chi connectivity index (χ3n) is 1.86. The minimum absolute atomic E-state index is 0.282. The molecule has 2 atom stereocenters. The summed E-state index contributed by atoms with van der Waals surface area (Å²) in [7, 11) is 0. The monoisotopic (exact) mass is 172 g/mol. The summed E-state index contributed by atoms with van der Waals surface area (Å²) in [6.07, 6.45) is 2.12. The zero-order valence-corrected chi connectivity index (χ0v) is 6.77. The van der Waals surface area contributed by atoms with E-state index in [4.69, 9.17) is 5.11 Å². The Bertz CT molecular complexity index is 291. The quantitative estimate of drug-likeness (QED) is 0.552. The molecular formula is C7H12N2O3. The molecule has 0 aliphatic heterocycles. The molecule has 0 aliphatic rings. The van der Waals surface area contributed by atoms with Crippen molar-refractivity contribution in [2.75, 3.05) is 6.61 Å². The van der Waals surface area contributed by atoms with Crippen molar-refractivity contribution < 1.29 is 10.2 Å². The van der Waals surface area contributed by atoms with Crippen LogP contribution in [0.2, 0.25) is 0 Å². The summed E-state index contributed by atoms with van der Waals surface area (Å²) in [6, 6.07) is -0.409. The van der Waals surface area contributed by atoms with Crippen molar-refractivity contribution in [1.82, 2.24) is 9.55 Å². The molecule has 3 N–H and O–H groups in total. The normalized spacial score (nSPS) is 15.9. The molecule has 68 valence electrons. The lowest BCUT2D eigenvalue weighted by molar-refractivity contribution is 0.0564. The predicted octanol–water partition coefficient (Wildman–Crippen LogP) is -0.909. The molecule has 0 aromatic carbocycles. The van der Waals surface area contributed by atoms with Crippen molar-refractivity contribution in [3.63, 3.8) is 0 Å². The van der Waals surface area contributed by atoms with E-state index in [0.29, 0.717) is 0 Å². The van der Waals surface area contributed by atoms with Crippen LogP contribution in [-0.4, -0.2) is 32.5 Å². The SMILES string of the molecule is CC(C(O)CO)n1cc[nH]c1=O. The van der Waals surface area contributed by atoms with Crippen LogP contribution in [0.3, 0.4) is 0 Å². The number of rotatable bonds is 3. The van der Waals surface area contributed by atoms with E-state index in [1.54, 1.807) is 6.92 Å². The van der Waals surface area contributed by atoms with Gasteiger partial charge in [0.25, 0.3) is 0 Å². The van der Waals surface area contributed by atoms with Crippen LogP contribution in [0.4, 0.5) is 0 Å². The van der Waals surface area contributed by atoms with Gasteiger partial charge in [0.15, 0.2) is 0 Å². The summed E-state index contributed by atoms with van der Waals surface area (Å²) in [5, 5.41) is 17.8. The van der Waals surface area contributed by atoms with Gasteiger partial charge in [-0.15, -0.1) is 0 Å². The second-order valence-corrected chi connectivity index (χ2v) is 2.66. The number of aromatic amines is 1. The number of H-pyrrole nitrogens is 1. The van der Waals surface area contributed by atoms with E-state index in [-0.39, 0.29) is 12.3 Å². The first kappa shape index (κ1) is 9.02. The zero-order chi connectivity index (χ0) is 9.14. The van der Waals surface area contributed by atoms with Crippen molar-refractivity contribution in [3.05, 3.63) is 22.9 Å². The second-order valence-electron chi connectivity index (χ2n) is 2.66. The van der Waals surface area contributed by atoms with Crippen molar-refractivity contribution in [1.29, 1.82) is 0 Å². The van der Waals surface area contributed by atoms with Crippen LogP contribution in [0.1, 0.15) is 13.0 Å². The molecule has 1 heterocycles. The number of aromatic nitrogens is 2. The first-order valence-corrected chi connectivity index (χ1v) is 3.71. The molecule has 0 amide bonds. The summed E-state index contributed by atoms with van der Waals surface area (Å²) in [4.78, 5) is 13.4. The van der Waals surface area contributed by atoms with Gasteiger partial charge < -0.3 is 15.2 Å². The largest absolute Gasteiger partial charge is 0.394 e. The Morgan fingerprint density at radius 1 is 1.75 bits per heavy atom. The molecule has 0 fully saturated rings. The van der Waals surface area contributed by atoms with Crippen LogP contribution in [0.5, 0.6) is 0 Å². The van der Waals surface area contributed by atoms with Gasteiger partial charge in [-0.1, -0.05) is 0 Å². The maximum atomic E-state index is 11.0. The average Bonchev–Trinajstić information content (AvgIpc) is 2.48.